The zero-order valence-electron chi connectivity index (χ0n) is 12.8. The number of hydrogen-bond donors (Lipinski definition) is 2. The first-order valence-electron chi connectivity index (χ1n) is 6.83. The van der Waals surface area contributed by atoms with Gasteiger partial charge in [0.25, 0.3) is 0 Å². The van der Waals surface area contributed by atoms with E-state index in [0.717, 1.165) is 5.56 Å². The zero-order valence-corrected chi connectivity index (χ0v) is 15.1. The topological polar surface area (TPSA) is 68.9 Å². The Balaban J connectivity index is 2.18. The van der Waals surface area contributed by atoms with Gasteiger partial charge in [-0.25, -0.2) is 0 Å². The molecule has 0 heterocycles. The van der Waals surface area contributed by atoms with Crippen molar-refractivity contribution in [2.75, 3.05) is 7.11 Å². The third-order valence-corrected chi connectivity index (χ3v) is 3.81. The Morgan fingerprint density at radius 2 is 1.96 bits per heavy atom. The van der Waals surface area contributed by atoms with E-state index in [0.29, 0.717) is 27.1 Å². The number of thiocarbonyl (C=S) groups is 1. The van der Waals surface area contributed by atoms with Crippen LogP contribution in [-0.4, -0.2) is 18.4 Å². The SMILES string of the molecule is COc1ccc(/C=N/NC(N)=S)cc1OCc1c(Cl)cccc1Cl. The summed E-state index contributed by atoms with van der Waals surface area (Å²) in [6, 6.07) is 10.7. The highest BCUT2D eigenvalue weighted by atomic mass is 35.5. The zero-order chi connectivity index (χ0) is 17.5. The molecule has 126 valence electrons. The minimum atomic E-state index is 0.0876. The van der Waals surface area contributed by atoms with Crippen molar-refractivity contribution < 1.29 is 9.47 Å². The van der Waals surface area contributed by atoms with Crippen molar-refractivity contribution in [1.29, 1.82) is 0 Å². The molecular formula is C16H15Cl2N3O2S. The molecule has 0 aliphatic heterocycles. The first-order valence-corrected chi connectivity index (χ1v) is 8.00. The fourth-order valence-corrected chi connectivity index (χ4v) is 2.44. The summed E-state index contributed by atoms with van der Waals surface area (Å²) in [5.74, 6) is 1.12. The lowest BCUT2D eigenvalue weighted by Crippen LogP contribution is -2.23. The quantitative estimate of drug-likeness (QED) is 0.451. The van der Waals surface area contributed by atoms with Crippen LogP contribution in [0.3, 0.4) is 0 Å². The lowest BCUT2D eigenvalue weighted by Gasteiger charge is -2.13. The Morgan fingerprint density at radius 1 is 1.25 bits per heavy atom. The Labute approximate surface area is 155 Å². The predicted molar refractivity (Wildman–Crippen MR) is 101 cm³/mol. The molecule has 0 amide bonds. The smallest absolute Gasteiger partial charge is 0.184 e. The molecule has 0 aliphatic carbocycles. The number of benzene rings is 2. The molecule has 5 nitrogen and oxygen atoms in total. The van der Waals surface area contributed by atoms with Gasteiger partial charge in [0.15, 0.2) is 16.6 Å². The molecular weight excluding hydrogens is 369 g/mol. The maximum absolute atomic E-state index is 6.15. The maximum Gasteiger partial charge on any atom is 0.184 e. The lowest BCUT2D eigenvalue weighted by molar-refractivity contribution is 0.284. The summed E-state index contributed by atoms with van der Waals surface area (Å²) in [7, 11) is 1.56. The van der Waals surface area contributed by atoms with Crippen molar-refractivity contribution >= 4 is 46.7 Å². The fraction of sp³-hybridized carbons (Fsp3) is 0.125. The number of nitrogens with two attached hydrogens (primary N) is 1. The minimum Gasteiger partial charge on any atom is -0.493 e. The van der Waals surface area contributed by atoms with E-state index in [9.17, 15) is 0 Å². The average Bonchev–Trinajstić information content (AvgIpc) is 2.54. The number of rotatable bonds is 6. The van der Waals surface area contributed by atoms with Crippen LogP contribution in [0, 0.1) is 0 Å². The van der Waals surface area contributed by atoms with E-state index in [1.54, 1.807) is 43.7 Å². The summed E-state index contributed by atoms with van der Waals surface area (Å²) < 4.78 is 11.1. The molecule has 2 rings (SSSR count). The van der Waals surface area contributed by atoms with Crippen LogP contribution in [0.15, 0.2) is 41.5 Å². The number of hydrazone groups is 1. The molecule has 0 fully saturated rings. The van der Waals surface area contributed by atoms with Gasteiger partial charge >= 0.3 is 0 Å². The van der Waals surface area contributed by atoms with Crippen molar-refractivity contribution in [3.05, 3.63) is 57.6 Å². The number of halogens is 2. The van der Waals surface area contributed by atoms with E-state index in [-0.39, 0.29) is 11.7 Å². The van der Waals surface area contributed by atoms with E-state index in [2.05, 4.69) is 22.7 Å². The highest BCUT2D eigenvalue weighted by Crippen LogP contribution is 2.31. The maximum atomic E-state index is 6.15. The number of nitrogens with zero attached hydrogens (tertiary/aromatic N) is 1. The number of hydrogen-bond acceptors (Lipinski definition) is 4. The van der Waals surface area contributed by atoms with Gasteiger partial charge in [0.05, 0.1) is 13.3 Å². The van der Waals surface area contributed by atoms with Gasteiger partial charge in [-0.2, -0.15) is 5.10 Å². The Morgan fingerprint density at radius 3 is 2.58 bits per heavy atom. The summed E-state index contributed by atoms with van der Waals surface area (Å²) in [6.07, 6.45) is 1.56. The highest BCUT2D eigenvalue weighted by Gasteiger charge is 2.10. The normalized spacial score (nSPS) is 10.6. The predicted octanol–water partition coefficient (Wildman–Crippen LogP) is 3.75. The third-order valence-electron chi connectivity index (χ3n) is 3.01. The van der Waals surface area contributed by atoms with Crippen molar-refractivity contribution in [1.82, 2.24) is 5.43 Å². The van der Waals surface area contributed by atoms with Gasteiger partial charge in [-0.1, -0.05) is 29.3 Å². The molecule has 2 aromatic rings. The molecule has 0 bridgehead atoms. The van der Waals surface area contributed by atoms with Gasteiger partial charge in [-0.3, -0.25) is 5.43 Å². The molecule has 0 radical (unpaired) electrons. The molecule has 0 aromatic heterocycles. The lowest BCUT2D eigenvalue weighted by atomic mass is 10.2. The number of ether oxygens (including phenoxy) is 2. The summed E-state index contributed by atoms with van der Waals surface area (Å²) in [5.41, 5.74) is 9.28. The van der Waals surface area contributed by atoms with E-state index in [4.69, 9.17) is 38.4 Å². The van der Waals surface area contributed by atoms with Crippen LogP contribution in [-0.2, 0) is 6.61 Å². The summed E-state index contributed by atoms with van der Waals surface area (Å²) in [6.45, 7) is 0.209. The van der Waals surface area contributed by atoms with E-state index >= 15 is 0 Å². The molecule has 0 saturated heterocycles. The van der Waals surface area contributed by atoms with E-state index in [1.165, 1.54) is 0 Å². The Bertz CT molecular complexity index is 749. The first-order chi connectivity index (χ1) is 11.5. The highest BCUT2D eigenvalue weighted by molar-refractivity contribution is 7.80. The average molecular weight is 384 g/mol. The number of methoxy groups -OCH3 is 1. The minimum absolute atomic E-state index is 0.0876. The largest absolute Gasteiger partial charge is 0.493 e. The van der Waals surface area contributed by atoms with Crippen molar-refractivity contribution in [2.24, 2.45) is 10.8 Å². The van der Waals surface area contributed by atoms with Crippen LogP contribution in [0.25, 0.3) is 0 Å². The molecule has 3 N–H and O–H groups in total. The molecule has 2 aromatic carbocycles. The van der Waals surface area contributed by atoms with Crippen LogP contribution >= 0.6 is 35.4 Å². The number of nitrogens with one attached hydrogen (secondary N) is 1. The van der Waals surface area contributed by atoms with Crippen LogP contribution < -0.4 is 20.6 Å². The molecule has 0 aliphatic rings. The molecule has 0 atom stereocenters. The van der Waals surface area contributed by atoms with Crippen LogP contribution in [0.1, 0.15) is 11.1 Å². The molecule has 8 heteroatoms. The van der Waals surface area contributed by atoms with Gasteiger partial charge in [0.2, 0.25) is 0 Å². The van der Waals surface area contributed by atoms with Gasteiger partial charge in [0, 0.05) is 15.6 Å². The Kier molecular flexibility index (Phi) is 6.66. The van der Waals surface area contributed by atoms with Crippen LogP contribution in [0.4, 0.5) is 0 Å². The first kappa shape index (κ1) is 18.3. The van der Waals surface area contributed by atoms with Gasteiger partial charge < -0.3 is 15.2 Å². The van der Waals surface area contributed by atoms with E-state index < -0.39 is 0 Å². The molecule has 24 heavy (non-hydrogen) atoms. The van der Waals surface area contributed by atoms with Crippen molar-refractivity contribution in [3.8, 4) is 11.5 Å². The third kappa shape index (κ3) is 4.99. The summed E-state index contributed by atoms with van der Waals surface area (Å²) in [4.78, 5) is 0. The molecule has 0 saturated carbocycles. The monoisotopic (exact) mass is 383 g/mol. The second kappa shape index (κ2) is 8.73. The van der Waals surface area contributed by atoms with E-state index in [1.807, 2.05) is 6.07 Å². The second-order valence-electron chi connectivity index (χ2n) is 4.63. The van der Waals surface area contributed by atoms with Crippen LogP contribution in [0.2, 0.25) is 10.0 Å². The second-order valence-corrected chi connectivity index (χ2v) is 5.89. The van der Waals surface area contributed by atoms with Gasteiger partial charge in [0.1, 0.15) is 6.61 Å². The van der Waals surface area contributed by atoms with Crippen molar-refractivity contribution in [3.63, 3.8) is 0 Å². The van der Waals surface area contributed by atoms with Crippen LogP contribution in [0.5, 0.6) is 11.5 Å². The molecule has 0 spiro atoms. The van der Waals surface area contributed by atoms with Gasteiger partial charge in [-0.15, -0.1) is 0 Å². The van der Waals surface area contributed by atoms with Crippen molar-refractivity contribution in [2.45, 2.75) is 6.61 Å². The standard InChI is InChI=1S/C16H15Cl2N3O2S/c1-22-14-6-5-10(8-20-21-16(19)24)7-15(14)23-9-11-12(17)3-2-4-13(11)18/h2-8H,9H2,1H3,(H3,19,21,24)/b20-8+. The molecule has 0 unspecified atom stereocenters. The summed E-state index contributed by atoms with van der Waals surface area (Å²) in [5, 5.41) is 5.08. The summed E-state index contributed by atoms with van der Waals surface area (Å²) >= 11 is 17.0. The fourth-order valence-electron chi connectivity index (χ4n) is 1.88. The van der Waals surface area contributed by atoms with Gasteiger partial charge in [-0.05, 0) is 48.1 Å². The Hall–Kier alpha value is -2.02.